The molecule has 6 rings (SSSR count). The van der Waals surface area contributed by atoms with Crippen LogP contribution >= 0.6 is 11.6 Å². The first-order chi connectivity index (χ1) is 18.1. The molecule has 4 aromatic heterocycles. The van der Waals surface area contributed by atoms with Crippen LogP contribution in [-0.2, 0) is 13.0 Å². The number of carbonyl (C=O) groups excluding carboxylic acids is 1. The third-order valence-electron chi connectivity index (χ3n) is 6.24. The number of aromatic amines is 1. The fourth-order valence-electron chi connectivity index (χ4n) is 4.57. The zero-order valence-corrected chi connectivity index (χ0v) is 20.7. The van der Waals surface area contributed by atoms with Crippen LogP contribution in [0.2, 0.25) is 5.02 Å². The highest BCUT2D eigenvalue weighted by Gasteiger charge is 2.29. The highest BCUT2D eigenvalue weighted by molar-refractivity contribution is 6.32. The highest BCUT2D eigenvalue weighted by atomic mass is 35.5. The molecule has 1 amide bonds. The number of fused-ring (bicyclic) bond motifs is 2. The van der Waals surface area contributed by atoms with Gasteiger partial charge in [0.05, 0.1) is 46.7 Å². The number of nitrogens with one attached hydrogen (secondary N) is 3. The Morgan fingerprint density at radius 1 is 1.19 bits per heavy atom. The average Bonchev–Trinajstić information content (AvgIpc) is 3.50. The van der Waals surface area contributed by atoms with Crippen molar-refractivity contribution in [3.05, 3.63) is 89.2 Å². The van der Waals surface area contributed by atoms with Gasteiger partial charge >= 0.3 is 0 Å². The minimum atomic E-state index is -0.159. The molecule has 3 N–H and O–H groups in total. The molecule has 0 atom stereocenters. The molecule has 0 saturated heterocycles. The highest BCUT2D eigenvalue weighted by Crippen LogP contribution is 2.42. The van der Waals surface area contributed by atoms with Crippen molar-refractivity contribution in [3.63, 3.8) is 0 Å². The molecule has 1 aliphatic heterocycles. The molecule has 0 unspecified atom stereocenters. The van der Waals surface area contributed by atoms with Crippen LogP contribution in [0.4, 0.5) is 11.4 Å². The molecular weight excluding hydrogens is 492 g/mol. The zero-order valence-electron chi connectivity index (χ0n) is 19.9. The van der Waals surface area contributed by atoms with Gasteiger partial charge in [-0.25, -0.2) is 4.98 Å². The molecular formula is C27H23ClN6O3. The number of nitrogens with zero attached hydrogens (tertiary/aromatic N) is 3. The van der Waals surface area contributed by atoms with E-state index >= 15 is 0 Å². The summed E-state index contributed by atoms with van der Waals surface area (Å²) in [6.07, 6.45) is 7.90. The van der Waals surface area contributed by atoms with Gasteiger partial charge in [-0.15, -0.1) is 0 Å². The largest absolute Gasteiger partial charge is 0.493 e. The predicted octanol–water partition coefficient (Wildman–Crippen LogP) is 4.99. The number of rotatable bonds is 7. The molecule has 0 bridgehead atoms. The topological polar surface area (TPSA) is 106 Å². The number of ether oxygens (including phenoxy) is 2. The molecule has 1 aromatic carbocycles. The number of aromatic nitrogens is 4. The van der Waals surface area contributed by atoms with E-state index in [-0.39, 0.29) is 12.5 Å². The van der Waals surface area contributed by atoms with Gasteiger partial charge in [0.1, 0.15) is 18.0 Å². The fourth-order valence-corrected chi connectivity index (χ4v) is 4.82. The number of hydrogen-bond donors (Lipinski definition) is 3. The maximum absolute atomic E-state index is 13.0. The smallest absolute Gasteiger partial charge is 0.255 e. The second kappa shape index (κ2) is 9.51. The molecule has 0 fully saturated rings. The van der Waals surface area contributed by atoms with Crippen molar-refractivity contribution in [1.29, 1.82) is 0 Å². The third-order valence-corrected chi connectivity index (χ3v) is 6.54. The van der Waals surface area contributed by atoms with Crippen molar-refractivity contribution in [2.24, 2.45) is 0 Å². The Bertz CT molecular complexity index is 1590. The number of halogens is 1. The molecule has 37 heavy (non-hydrogen) atoms. The Morgan fingerprint density at radius 3 is 2.97 bits per heavy atom. The van der Waals surface area contributed by atoms with Crippen LogP contribution in [0.3, 0.4) is 0 Å². The lowest BCUT2D eigenvalue weighted by molar-refractivity contribution is 0.0947. The fraction of sp³-hybridized carbons (Fsp3) is 0.148. The average molecular weight is 515 g/mol. The van der Waals surface area contributed by atoms with Crippen LogP contribution in [0.5, 0.6) is 11.5 Å². The normalized spacial score (nSPS) is 12.8. The van der Waals surface area contributed by atoms with Gasteiger partial charge in [0.25, 0.3) is 5.91 Å². The number of benzene rings is 1. The van der Waals surface area contributed by atoms with Crippen molar-refractivity contribution in [2.75, 3.05) is 19.0 Å². The van der Waals surface area contributed by atoms with E-state index in [2.05, 4.69) is 25.6 Å². The van der Waals surface area contributed by atoms with Crippen LogP contribution in [0, 0.1) is 0 Å². The van der Waals surface area contributed by atoms with E-state index in [1.54, 1.807) is 25.6 Å². The van der Waals surface area contributed by atoms with Crippen molar-refractivity contribution >= 4 is 34.5 Å². The first kappa shape index (κ1) is 22.9. The van der Waals surface area contributed by atoms with Gasteiger partial charge in [-0.3, -0.25) is 9.78 Å². The van der Waals surface area contributed by atoms with Gasteiger partial charge in [-0.1, -0.05) is 23.7 Å². The van der Waals surface area contributed by atoms with Crippen LogP contribution in [0.15, 0.2) is 67.3 Å². The summed E-state index contributed by atoms with van der Waals surface area (Å²) in [5.41, 5.74) is 5.72. The summed E-state index contributed by atoms with van der Waals surface area (Å²) in [6.45, 7) is 0.811. The van der Waals surface area contributed by atoms with Gasteiger partial charge < -0.3 is 29.5 Å². The Labute approximate surface area is 217 Å². The quantitative estimate of drug-likeness (QED) is 0.282. The lowest BCUT2D eigenvalue weighted by atomic mass is 10.0. The van der Waals surface area contributed by atoms with Crippen molar-refractivity contribution in [1.82, 2.24) is 24.7 Å². The molecule has 5 aromatic rings. The summed E-state index contributed by atoms with van der Waals surface area (Å²) < 4.78 is 13.7. The molecule has 5 heterocycles. The second-order valence-electron chi connectivity index (χ2n) is 8.54. The summed E-state index contributed by atoms with van der Waals surface area (Å²) in [6, 6.07) is 13.1. The molecule has 0 saturated carbocycles. The lowest BCUT2D eigenvalue weighted by Crippen LogP contribution is -2.31. The SMILES string of the molecule is COc1c(Cl)cccc1Nc1c(-c2ccncc2OCc2cn3ccccc3n2)[nH]c2c1C(=O)NCC2. The number of pyridine rings is 2. The molecule has 1 aliphatic rings. The standard InChI is InChI=1S/C27H23ClN6O3/c1-36-26-18(28)5-4-6-20(26)33-25-23-19(9-11-30-27(23)35)32-24(25)17-8-10-29-13-21(17)37-15-16-14-34-12-3-2-7-22(34)31-16/h2-8,10,12-14,32-33H,9,11,15H2,1H3,(H,30,35). The Kier molecular flexibility index (Phi) is 5.90. The van der Waals surface area contributed by atoms with E-state index in [0.717, 1.165) is 22.6 Å². The number of imidazole rings is 1. The monoisotopic (exact) mass is 514 g/mol. The van der Waals surface area contributed by atoms with Gasteiger partial charge in [0, 0.05) is 42.8 Å². The maximum Gasteiger partial charge on any atom is 0.255 e. The summed E-state index contributed by atoms with van der Waals surface area (Å²) in [4.78, 5) is 25.3. The number of carbonyl (C=O) groups is 1. The summed E-state index contributed by atoms with van der Waals surface area (Å²) in [5.74, 6) is 0.882. The Balaban J connectivity index is 1.41. The summed E-state index contributed by atoms with van der Waals surface area (Å²) in [7, 11) is 1.56. The van der Waals surface area contributed by atoms with E-state index < -0.39 is 0 Å². The molecule has 0 aliphatic carbocycles. The van der Waals surface area contributed by atoms with Crippen molar-refractivity contribution < 1.29 is 14.3 Å². The lowest BCUT2D eigenvalue weighted by Gasteiger charge is -2.17. The van der Waals surface area contributed by atoms with E-state index in [9.17, 15) is 4.79 Å². The number of anilines is 2. The van der Waals surface area contributed by atoms with Crippen LogP contribution in [0.1, 0.15) is 21.7 Å². The van der Waals surface area contributed by atoms with Crippen molar-refractivity contribution in [2.45, 2.75) is 13.0 Å². The van der Waals surface area contributed by atoms with Gasteiger partial charge in [0.15, 0.2) is 5.75 Å². The van der Waals surface area contributed by atoms with E-state index in [4.69, 9.17) is 21.1 Å². The number of H-pyrrole nitrogens is 1. The van der Waals surface area contributed by atoms with Crippen molar-refractivity contribution in [3.8, 4) is 22.8 Å². The number of amides is 1. The minimum absolute atomic E-state index is 0.159. The van der Waals surface area contributed by atoms with E-state index in [1.165, 1.54) is 0 Å². The number of para-hydroxylation sites is 1. The molecule has 10 heteroatoms. The molecule has 186 valence electrons. The number of hydrogen-bond acceptors (Lipinski definition) is 6. The maximum atomic E-state index is 13.0. The predicted molar refractivity (Wildman–Crippen MR) is 141 cm³/mol. The first-order valence-electron chi connectivity index (χ1n) is 11.7. The van der Waals surface area contributed by atoms with Gasteiger partial charge in [-0.05, 0) is 30.3 Å². The van der Waals surface area contributed by atoms with Gasteiger partial charge in [0.2, 0.25) is 0 Å². The van der Waals surface area contributed by atoms with E-state index in [1.807, 2.05) is 53.2 Å². The summed E-state index contributed by atoms with van der Waals surface area (Å²) >= 11 is 6.36. The van der Waals surface area contributed by atoms with Crippen LogP contribution in [-0.4, -0.2) is 38.9 Å². The summed E-state index contributed by atoms with van der Waals surface area (Å²) in [5, 5.41) is 6.79. The Hall–Kier alpha value is -4.50. The van der Waals surface area contributed by atoms with E-state index in [0.29, 0.717) is 52.1 Å². The van der Waals surface area contributed by atoms with Crippen LogP contribution < -0.4 is 20.1 Å². The molecule has 0 spiro atoms. The molecule has 0 radical (unpaired) electrons. The zero-order chi connectivity index (χ0) is 25.4. The third kappa shape index (κ3) is 4.23. The molecule has 9 nitrogen and oxygen atoms in total. The number of methoxy groups -OCH3 is 1. The second-order valence-corrected chi connectivity index (χ2v) is 8.95. The first-order valence-corrected chi connectivity index (χ1v) is 12.1. The van der Waals surface area contributed by atoms with Crippen LogP contribution in [0.25, 0.3) is 16.9 Å². The van der Waals surface area contributed by atoms with Gasteiger partial charge in [-0.2, -0.15) is 0 Å². The minimum Gasteiger partial charge on any atom is -0.493 e. The Morgan fingerprint density at radius 2 is 2.11 bits per heavy atom.